The van der Waals surface area contributed by atoms with Crippen LogP contribution in [0.3, 0.4) is 0 Å². The average Bonchev–Trinajstić information content (AvgIpc) is 2.91. The van der Waals surface area contributed by atoms with Crippen molar-refractivity contribution in [2.24, 2.45) is 35.0 Å². The Morgan fingerprint density at radius 1 is 1.24 bits per heavy atom. The molecular weight excluding hydrogens is 332 g/mol. The first-order valence-corrected chi connectivity index (χ1v) is 10.3. The maximum atomic E-state index is 12.2. The van der Waals surface area contributed by atoms with E-state index in [1.54, 1.807) is 6.92 Å². The molecule has 3 saturated carbocycles. The van der Waals surface area contributed by atoms with Crippen LogP contribution in [-0.2, 0) is 4.79 Å². The average molecular weight is 361 g/mol. The third-order valence-corrected chi connectivity index (χ3v) is 8.37. The minimum absolute atomic E-state index is 0.220. The Bertz CT molecular complexity index is 671. The number of ketones is 1. The predicted molar refractivity (Wildman–Crippen MR) is 99.8 cm³/mol. The number of rotatable bonds is 1. The normalized spacial score (nSPS) is 48.3. The summed E-state index contributed by atoms with van der Waals surface area (Å²) in [7, 11) is 0. The van der Waals surface area contributed by atoms with E-state index in [0.717, 1.165) is 37.5 Å². The molecule has 3 heteroatoms. The lowest BCUT2D eigenvalue weighted by molar-refractivity contribution is -0.126. The van der Waals surface area contributed by atoms with E-state index in [0.29, 0.717) is 24.0 Å². The van der Waals surface area contributed by atoms with Crippen molar-refractivity contribution in [3.8, 4) is 11.3 Å². The van der Waals surface area contributed by atoms with Crippen molar-refractivity contribution in [2.45, 2.75) is 70.8 Å². The van der Waals surface area contributed by atoms with Crippen LogP contribution in [0.25, 0.3) is 0 Å². The highest BCUT2D eigenvalue weighted by atomic mass is 35.5. The summed E-state index contributed by atoms with van der Waals surface area (Å²) >= 11 is 5.56. The van der Waals surface area contributed by atoms with Crippen molar-refractivity contribution in [2.75, 3.05) is 0 Å². The number of hydrogen-bond donors (Lipinski definition) is 1. The highest BCUT2D eigenvalue weighted by Gasteiger charge is 2.57. The van der Waals surface area contributed by atoms with Crippen LogP contribution < -0.4 is 0 Å². The minimum Gasteiger partial charge on any atom is -0.377 e. The van der Waals surface area contributed by atoms with Gasteiger partial charge in [-0.1, -0.05) is 24.5 Å². The fourth-order valence-corrected chi connectivity index (χ4v) is 7.33. The minimum atomic E-state index is -0.923. The van der Waals surface area contributed by atoms with Crippen LogP contribution in [0.1, 0.15) is 65.2 Å². The molecule has 136 valence electrons. The van der Waals surface area contributed by atoms with Gasteiger partial charge in [0.05, 0.1) is 0 Å². The van der Waals surface area contributed by atoms with Crippen molar-refractivity contribution >= 4 is 17.4 Å². The Labute approximate surface area is 156 Å². The third kappa shape index (κ3) is 2.70. The molecule has 0 aromatic heterocycles. The number of carbonyl (C=O) groups excluding carboxylic acids is 1. The molecule has 25 heavy (non-hydrogen) atoms. The van der Waals surface area contributed by atoms with Crippen molar-refractivity contribution in [3.63, 3.8) is 0 Å². The molecule has 0 aromatic rings. The van der Waals surface area contributed by atoms with Gasteiger partial charge in [-0.25, -0.2) is 0 Å². The topological polar surface area (TPSA) is 37.3 Å². The van der Waals surface area contributed by atoms with E-state index >= 15 is 0 Å². The standard InChI is InChI=1S/C22H29ClO2/c1-14(24)19-5-6-20-18-4-3-15-13-22(25,11-12-23)10-8-16(15)17(18)7-9-21(19,20)2/h3,16-20,25H,4-10,13H2,1-2H3. The number of halogens is 1. The molecule has 3 fully saturated rings. The van der Waals surface area contributed by atoms with Gasteiger partial charge in [0, 0.05) is 17.7 Å². The molecule has 4 rings (SSSR count). The first kappa shape index (κ1) is 17.6. The van der Waals surface area contributed by atoms with Crippen molar-refractivity contribution in [1.29, 1.82) is 0 Å². The number of allylic oxidation sites excluding steroid dienone is 1. The molecule has 1 N–H and O–H groups in total. The zero-order valence-corrected chi connectivity index (χ0v) is 16.1. The summed E-state index contributed by atoms with van der Waals surface area (Å²) < 4.78 is 0. The summed E-state index contributed by atoms with van der Waals surface area (Å²) in [4.78, 5) is 12.2. The van der Waals surface area contributed by atoms with Crippen LogP contribution in [0, 0.1) is 46.3 Å². The molecule has 0 radical (unpaired) electrons. The van der Waals surface area contributed by atoms with E-state index in [9.17, 15) is 9.90 Å². The van der Waals surface area contributed by atoms with Crippen LogP contribution >= 0.6 is 11.6 Å². The van der Waals surface area contributed by atoms with Gasteiger partial charge >= 0.3 is 0 Å². The van der Waals surface area contributed by atoms with Gasteiger partial charge < -0.3 is 5.11 Å². The van der Waals surface area contributed by atoms with E-state index < -0.39 is 5.60 Å². The van der Waals surface area contributed by atoms with Crippen LogP contribution in [-0.4, -0.2) is 16.5 Å². The molecule has 0 bridgehead atoms. The van der Waals surface area contributed by atoms with E-state index in [2.05, 4.69) is 24.3 Å². The van der Waals surface area contributed by atoms with Crippen molar-refractivity contribution in [3.05, 3.63) is 11.6 Å². The smallest absolute Gasteiger partial charge is 0.133 e. The molecular formula is C22H29ClO2. The first-order valence-electron chi connectivity index (χ1n) is 9.92. The lowest BCUT2D eigenvalue weighted by Gasteiger charge is -2.54. The number of fused-ring (bicyclic) bond motifs is 5. The molecule has 0 saturated heterocycles. The zero-order valence-electron chi connectivity index (χ0n) is 15.4. The highest BCUT2D eigenvalue weighted by molar-refractivity contribution is 6.30. The van der Waals surface area contributed by atoms with E-state index in [1.165, 1.54) is 24.8 Å². The maximum absolute atomic E-state index is 12.2. The van der Waals surface area contributed by atoms with Gasteiger partial charge in [-0.05, 0) is 92.6 Å². The lowest BCUT2D eigenvalue weighted by Crippen LogP contribution is -2.48. The number of aliphatic hydroxyl groups is 1. The van der Waals surface area contributed by atoms with Gasteiger partial charge in [0.1, 0.15) is 11.4 Å². The second-order valence-electron chi connectivity index (χ2n) is 9.31. The zero-order chi connectivity index (χ0) is 17.8. The fraction of sp³-hybridized carbons (Fsp3) is 0.773. The Morgan fingerprint density at radius 2 is 2.04 bits per heavy atom. The molecule has 2 nitrogen and oxygen atoms in total. The Hall–Kier alpha value is -0.780. The SMILES string of the molecule is CC(=O)C1CCC2C3CC=C4CC(O)(C#CCl)CCC4C3CCC12C. The quantitative estimate of drug-likeness (QED) is 0.543. The monoisotopic (exact) mass is 360 g/mol. The molecule has 0 spiro atoms. The third-order valence-electron chi connectivity index (χ3n) is 8.27. The van der Waals surface area contributed by atoms with Gasteiger partial charge in [0.2, 0.25) is 0 Å². The molecule has 0 aliphatic heterocycles. The molecule has 7 atom stereocenters. The second kappa shape index (κ2) is 6.14. The molecule has 0 aromatic carbocycles. The van der Waals surface area contributed by atoms with Gasteiger partial charge in [-0.2, -0.15) is 0 Å². The summed E-state index contributed by atoms with van der Waals surface area (Å²) in [5, 5.41) is 13.1. The lowest BCUT2D eigenvalue weighted by atomic mass is 9.51. The Kier molecular flexibility index (Phi) is 4.33. The molecule has 4 aliphatic carbocycles. The number of Topliss-reactive ketones (excluding diaryl/α,β-unsaturated/α-hetero) is 1. The summed E-state index contributed by atoms with van der Waals surface area (Å²) in [6.45, 7) is 4.19. The summed E-state index contributed by atoms with van der Waals surface area (Å²) in [6, 6.07) is 0. The molecule has 7 unspecified atom stereocenters. The molecule has 0 heterocycles. The molecule has 0 amide bonds. The Morgan fingerprint density at radius 3 is 2.76 bits per heavy atom. The second-order valence-corrected chi connectivity index (χ2v) is 9.50. The van der Waals surface area contributed by atoms with Crippen LogP contribution in [0.5, 0.6) is 0 Å². The van der Waals surface area contributed by atoms with Crippen molar-refractivity contribution in [1.82, 2.24) is 0 Å². The molecule has 4 aliphatic rings. The highest BCUT2D eigenvalue weighted by Crippen LogP contribution is 2.63. The summed E-state index contributed by atoms with van der Waals surface area (Å²) in [5.74, 6) is 6.26. The number of hydrogen-bond acceptors (Lipinski definition) is 2. The van der Waals surface area contributed by atoms with Gasteiger partial charge in [0.25, 0.3) is 0 Å². The Balaban J connectivity index is 1.59. The van der Waals surface area contributed by atoms with Gasteiger partial charge in [-0.3, -0.25) is 4.79 Å². The van der Waals surface area contributed by atoms with Crippen LogP contribution in [0.2, 0.25) is 0 Å². The van der Waals surface area contributed by atoms with Crippen LogP contribution in [0.15, 0.2) is 11.6 Å². The summed E-state index contributed by atoms with van der Waals surface area (Å²) in [6.07, 6.45) is 10.7. The summed E-state index contributed by atoms with van der Waals surface area (Å²) in [5.41, 5.74) is 0.713. The largest absolute Gasteiger partial charge is 0.377 e. The predicted octanol–water partition coefficient (Wildman–Crippen LogP) is 4.70. The van der Waals surface area contributed by atoms with Gasteiger partial charge in [0.15, 0.2) is 0 Å². The maximum Gasteiger partial charge on any atom is 0.133 e. The van der Waals surface area contributed by atoms with E-state index in [4.69, 9.17) is 11.6 Å². The van der Waals surface area contributed by atoms with E-state index in [-0.39, 0.29) is 11.3 Å². The van der Waals surface area contributed by atoms with Gasteiger partial charge in [-0.15, -0.1) is 0 Å². The fourth-order valence-electron chi connectivity index (χ4n) is 7.15. The first-order chi connectivity index (χ1) is 11.9. The van der Waals surface area contributed by atoms with Crippen LogP contribution in [0.4, 0.5) is 0 Å². The van der Waals surface area contributed by atoms with Crippen molar-refractivity contribution < 1.29 is 9.90 Å². The number of carbonyl (C=O) groups is 1. The van der Waals surface area contributed by atoms with E-state index in [1.807, 2.05) is 0 Å².